The van der Waals surface area contributed by atoms with E-state index in [1.165, 1.54) is 17.1 Å². The lowest BCUT2D eigenvalue weighted by molar-refractivity contribution is -0.162. The zero-order chi connectivity index (χ0) is 12.9. The van der Waals surface area contributed by atoms with Crippen LogP contribution < -0.4 is 0 Å². The first-order valence-corrected chi connectivity index (χ1v) is 4.85. The molecule has 8 heteroatoms. The van der Waals surface area contributed by atoms with Gasteiger partial charge in [0, 0.05) is 18.9 Å². The van der Waals surface area contributed by atoms with Gasteiger partial charge in [-0.25, -0.2) is 0 Å². The average molecular weight is 251 g/mol. The molecule has 1 rings (SSSR count). The second kappa shape index (κ2) is 5.67. The topological polar surface area (TPSA) is 58.4 Å². The van der Waals surface area contributed by atoms with E-state index < -0.39 is 25.2 Å². The van der Waals surface area contributed by atoms with Gasteiger partial charge in [-0.2, -0.15) is 18.3 Å². The summed E-state index contributed by atoms with van der Waals surface area (Å²) in [5.41, 5.74) is 0. The quantitative estimate of drug-likeness (QED) is 0.817. The number of hydrogen-bond acceptors (Lipinski definition) is 3. The number of hydrogen-bond donors (Lipinski definition) is 1. The zero-order valence-electron chi connectivity index (χ0n) is 8.89. The van der Waals surface area contributed by atoms with Crippen LogP contribution in [0.1, 0.15) is 0 Å². The van der Waals surface area contributed by atoms with Gasteiger partial charge >= 0.3 is 6.18 Å². The Balaban J connectivity index is 2.60. The molecule has 1 aromatic heterocycles. The molecule has 0 spiro atoms. The van der Waals surface area contributed by atoms with E-state index in [9.17, 15) is 18.0 Å². The molecule has 0 saturated heterocycles. The third kappa shape index (κ3) is 4.85. The van der Waals surface area contributed by atoms with Crippen LogP contribution in [0.15, 0.2) is 18.5 Å². The molecule has 96 valence electrons. The maximum Gasteiger partial charge on any atom is 0.406 e. The van der Waals surface area contributed by atoms with E-state index in [1.54, 1.807) is 6.07 Å². The predicted molar refractivity (Wildman–Crippen MR) is 51.9 cm³/mol. The van der Waals surface area contributed by atoms with Crippen molar-refractivity contribution in [2.45, 2.75) is 12.7 Å². The van der Waals surface area contributed by atoms with Gasteiger partial charge < -0.3 is 10.0 Å². The lowest BCUT2D eigenvalue weighted by Gasteiger charge is -2.22. The molecule has 0 unspecified atom stereocenters. The second-order valence-electron chi connectivity index (χ2n) is 3.36. The first-order valence-electron chi connectivity index (χ1n) is 4.85. The summed E-state index contributed by atoms with van der Waals surface area (Å²) in [6, 6.07) is 1.56. The summed E-state index contributed by atoms with van der Waals surface area (Å²) in [6.45, 7) is -2.50. The number of halogens is 3. The largest absolute Gasteiger partial charge is 0.406 e. The van der Waals surface area contributed by atoms with E-state index in [1.807, 2.05) is 0 Å². The van der Waals surface area contributed by atoms with Gasteiger partial charge in [0.2, 0.25) is 5.91 Å². The van der Waals surface area contributed by atoms with Crippen molar-refractivity contribution in [1.82, 2.24) is 14.7 Å². The van der Waals surface area contributed by atoms with Crippen LogP contribution in [0.5, 0.6) is 0 Å². The van der Waals surface area contributed by atoms with Crippen LogP contribution in [0.3, 0.4) is 0 Å². The number of rotatable bonds is 5. The summed E-state index contributed by atoms with van der Waals surface area (Å²) in [4.78, 5) is 12.1. The molecule has 1 aromatic rings. The van der Waals surface area contributed by atoms with Crippen molar-refractivity contribution in [3.63, 3.8) is 0 Å². The summed E-state index contributed by atoms with van der Waals surface area (Å²) in [7, 11) is 0. The number of aliphatic hydroxyl groups is 1. The fourth-order valence-electron chi connectivity index (χ4n) is 1.26. The molecule has 0 fully saturated rings. The molecular formula is C9H12F3N3O2. The van der Waals surface area contributed by atoms with Crippen LogP contribution in [0.4, 0.5) is 13.2 Å². The van der Waals surface area contributed by atoms with Crippen molar-refractivity contribution in [2.24, 2.45) is 0 Å². The molecule has 0 aliphatic carbocycles. The molecule has 0 aromatic carbocycles. The van der Waals surface area contributed by atoms with E-state index in [0.29, 0.717) is 4.90 Å². The highest BCUT2D eigenvalue weighted by molar-refractivity contribution is 5.75. The monoisotopic (exact) mass is 251 g/mol. The predicted octanol–water partition coefficient (Wildman–Crippen LogP) is 0.266. The molecule has 1 heterocycles. The maximum absolute atomic E-state index is 12.2. The molecule has 1 amide bonds. The summed E-state index contributed by atoms with van der Waals surface area (Å²) < 4.78 is 37.7. The van der Waals surface area contributed by atoms with Crippen molar-refractivity contribution in [1.29, 1.82) is 0 Å². The highest BCUT2D eigenvalue weighted by atomic mass is 19.4. The van der Waals surface area contributed by atoms with Gasteiger partial charge in [-0.05, 0) is 6.07 Å². The Morgan fingerprint density at radius 3 is 2.65 bits per heavy atom. The Hall–Kier alpha value is -1.57. The fourth-order valence-corrected chi connectivity index (χ4v) is 1.26. The van der Waals surface area contributed by atoms with Gasteiger partial charge in [0.15, 0.2) is 0 Å². The van der Waals surface area contributed by atoms with E-state index in [2.05, 4.69) is 5.10 Å². The highest BCUT2D eigenvalue weighted by Crippen LogP contribution is 2.16. The summed E-state index contributed by atoms with van der Waals surface area (Å²) in [5, 5.41) is 12.3. The Morgan fingerprint density at radius 1 is 1.47 bits per heavy atom. The lowest BCUT2D eigenvalue weighted by atomic mass is 10.4. The summed E-state index contributed by atoms with van der Waals surface area (Å²) >= 11 is 0. The maximum atomic E-state index is 12.2. The van der Waals surface area contributed by atoms with Crippen molar-refractivity contribution in [3.05, 3.63) is 18.5 Å². The number of carbonyl (C=O) groups excluding carboxylic acids is 1. The molecule has 0 saturated carbocycles. The molecule has 0 aliphatic rings. The van der Waals surface area contributed by atoms with Crippen LogP contribution in [-0.2, 0) is 11.3 Å². The Bertz CT molecular complexity index is 351. The third-order valence-electron chi connectivity index (χ3n) is 1.95. The number of nitrogens with zero attached hydrogens (tertiary/aromatic N) is 3. The van der Waals surface area contributed by atoms with Crippen LogP contribution >= 0.6 is 0 Å². The van der Waals surface area contributed by atoms with E-state index >= 15 is 0 Å². The minimum Gasteiger partial charge on any atom is -0.395 e. The van der Waals surface area contributed by atoms with Crippen molar-refractivity contribution < 1.29 is 23.1 Å². The molecular weight excluding hydrogens is 239 g/mol. The van der Waals surface area contributed by atoms with E-state index in [-0.39, 0.29) is 13.1 Å². The summed E-state index contributed by atoms with van der Waals surface area (Å²) in [6.07, 6.45) is -1.58. The standard InChI is InChI=1S/C9H12F3N3O2/c10-9(11,12)7-14(4-5-16)8(17)6-15-3-1-2-13-15/h1-3,16H,4-7H2. The second-order valence-corrected chi connectivity index (χ2v) is 3.36. The van der Waals surface area contributed by atoms with E-state index in [0.717, 1.165) is 0 Å². The average Bonchev–Trinajstić information content (AvgIpc) is 2.67. The van der Waals surface area contributed by atoms with Gasteiger partial charge in [-0.3, -0.25) is 9.48 Å². The fraction of sp³-hybridized carbons (Fsp3) is 0.556. The Morgan fingerprint density at radius 2 is 2.18 bits per heavy atom. The number of carbonyl (C=O) groups is 1. The Labute approximate surface area is 95.4 Å². The molecule has 5 nitrogen and oxygen atoms in total. The smallest absolute Gasteiger partial charge is 0.395 e. The third-order valence-corrected chi connectivity index (χ3v) is 1.95. The molecule has 0 radical (unpaired) electrons. The van der Waals surface area contributed by atoms with Gasteiger partial charge in [0.05, 0.1) is 6.61 Å². The van der Waals surface area contributed by atoms with Gasteiger partial charge in [-0.1, -0.05) is 0 Å². The number of alkyl halides is 3. The van der Waals surface area contributed by atoms with Crippen LogP contribution in [-0.4, -0.2) is 51.6 Å². The number of aromatic nitrogens is 2. The zero-order valence-corrected chi connectivity index (χ0v) is 8.89. The first kappa shape index (κ1) is 13.5. The first-order chi connectivity index (χ1) is 7.92. The lowest BCUT2D eigenvalue weighted by Crippen LogP contribution is -2.42. The highest BCUT2D eigenvalue weighted by Gasteiger charge is 2.32. The molecule has 0 aliphatic heterocycles. The van der Waals surface area contributed by atoms with Crippen LogP contribution in [0.25, 0.3) is 0 Å². The van der Waals surface area contributed by atoms with Gasteiger partial charge in [-0.15, -0.1) is 0 Å². The van der Waals surface area contributed by atoms with Gasteiger partial charge in [0.25, 0.3) is 0 Å². The number of amides is 1. The van der Waals surface area contributed by atoms with Crippen LogP contribution in [0.2, 0.25) is 0 Å². The van der Waals surface area contributed by atoms with Gasteiger partial charge in [0.1, 0.15) is 13.1 Å². The van der Waals surface area contributed by atoms with Crippen LogP contribution in [0, 0.1) is 0 Å². The summed E-state index contributed by atoms with van der Waals surface area (Å²) in [5.74, 6) is -0.736. The van der Waals surface area contributed by atoms with Crippen molar-refractivity contribution in [3.8, 4) is 0 Å². The minimum absolute atomic E-state index is 0.275. The molecule has 0 bridgehead atoms. The van der Waals surface area contributed by atoms with Crippen molar-refractivity contribution in [2.75, 3.05) is 19.7 Å². The SMILES string of the molecule is O=C(Cn1cccn1)N(CCO)CC(F)(F)F. The molecule has 0 atom stereocenters. The molecule has 1 N–H and O–H groups in total. The normalized spacial score (nSPS) is 11.5. The Kier molecular flexibility index (Phi) is 4.50. The van der Waals surface area contributed by atoms with E-state index in [4.69, 9.17) is 5.11 Å². The minimum atomic E-state index is -4.48. The van der Waals surface area contributed by atoms with Crippen molar-refractivity contribution >= 4 is 5.91 Å². The molecule has 17 heavy (non-hydrogen) atoms. The number of aliphatic hydroxyl groups excluding tert-OH is 1.